The van der Waals surface area contributed by atoms with Gasteiger partial charge >= 0.3 is 12.1 Å². The monoisotopic (exact) mass is 402 g/mol. The predicted molar refractivity (Wildman–Crippen MR) is 112 cm³/mol. The van der Waals surface area contributed by atoms with Crippen LogP contribution >= 0.6 is 0 Å². The van der Waals surface area contributed by atoms with E-state index in [2.05, 4.69) is 22.4 Å². The van der Waals surface area contributed by atoms with E-state index in [-0.39, 0.29) is 18.9 Å². The number of carbonyl (C=O) groups is 2. The van der Waals surface area contributed by atoms with Crippen LogP contribution < -0.4 is 5.32 Å². The van der Waals surface area contributed by atoms with Gasteiger partial charge in [-0.05, 0) is 46.4 Å². The lowest BCUT2D eigenvalue weighted by molar-refractivity contribution is -0.139. The molecule has 2 aromatic carbocycles. The molecular weight excluding hydrogens is 380 g/mol. The zero-order chi connectivity index (χ0) is 21.1. The van der Waals surface area contributed by atoms with Gasteiger partial charge in [0.1, 0.15) is 12.6 Å². The minimum Gasteiger partial charge on any atom is -0.480 e. The summed E-state index contributed by atoms with van der Waals surface area (Å²) in [5, 5.41) is 12.0. The quantitative estimate of drug-likeness (QED) is 0.652. The van der Waals surface area contributed by atoms with Gasteiger partial charge < -0.3 is 15.2 Å². The SMILES string of the molecule is Cc1ccncc1CC(NC(=O)OCC1c2ccccc2-c2ccccc21)C(=O)O. The highest BCUT2D eigenvalue weighted by molar-refractivity contribution is 5.81. The fourth-order valence-corrected chi connectivity index (χ4v) is 3.91. The maximum absolute atomic E-state index is 12.4. The number of aryl methyl sites for hydroxylation is 1. The number of rotatable bonds is 6. The third kappa shape index (κ3) is 3.89. The molecule has 3 aromatic rings. The van der Waals surface area contributed by atoms with Gasteiger partial charge in [-0.3, -0.25) is 4.98 Å². The molecule has 0 saturated carbocycles. The average molecular weight is 402 g/mol. The summed E-state index contributed by atoms with van der Waals surface area (Å²) in [5.41, 5.74) is 6.17. The number of hydrogen-bond acceptors (Lipinski definition) is 4. The van der Waals surface area contributed by atoms with E-state index in [0.29, 0.717) is 0 Å². The van der Waals surface area contributed by atoms with Crippen LogP contribution in [0.15, 0.2) is 67.0 Å². The molecule has 1 unspecified atom stereocenters. The van der Waals surface area contributed by atoms with Crippen molar-refractivity contribution < 1.29 is 19.4 Å². The third-order valence-electron chi connectivity index (χ3n) is 5.51. The van der Waals surface area contributed by atoms with E-state index in [9.17, 15) is 14.7 Å². The smallest absolute Gasteiger partial charge is 0.407 e. The number of nitrogens with one attached hydrogen (secondary N) is 1. The first-order valence-corrected chi connectivity index (χ1v) is 9.78. The van der Waals surface area contributed by atoms with Gasteiger partial charge in [0.2, 0.25) is 0 Å². The topological polar surface area (TPSA) is 88.5 Å². The molecule has 0 saturated heterocycles. The highest BCUT2D eigenvalue weighted by atomic mass is 16.5. The molecule has 2 N–H and O–H groups in total. The number of amides is 1. The molecule has 6 heteroatoms. The Kier molecular flexibility index (Phi) is 5.48. The first-order chi connectivity index (χ1) is 14.5. The van der Waals surface area contributed by atoms with E-state index in [1.54, 1.807) is 12.4 Å². The van der Waals surface area contributed by atoms with Gasteiger partial charge in [-0.25, -0.2) is 9.59 Å². The van der Waals surface area contributed by atoms with Gasteiger partial charge in [0.15, 0.2) is 0 Å². The molecule has 6 nitrogen and oxygen atoms in total. The normalized spacial score (nSPS) is 13.2. The number of fused-ring (bicyclic) bond motifs is 3. The lowest BCUT2D eigenvalue weighted by Gasteiger charge is -2.18. The van der Waals surface area contributed by atoms with Gasteiger partial charge in [-0.2, -0.15) is 0 Å². The number of carboxylic acids is 1. The second-order valence-electron chi connectivity index (χ2n) is 7.37. The second kappa shape index (κ2) is 8.37. The molecular formula is C24H22N2O4. The molecule has 0 bridgehead atoms. The minimum absolute atomic E-state index is 0.0769. The summed E-state index contributed by atoms with van der Waals surface area (Å²) < 4.78 is 5.46. The van der Waals surface area contributed by atoms with E-state index in [4.69, 9.17) is 4.74 Å². The number of nitrogens with zero attached hydrogens (tertiary/aromatic N) is 1. The number of aliphatic carboxylic acids is 1. The van der Waals surface area contributed by atoms with Crippen LogP contribution in [0.2, 0.25) is 0 Å². The van der Waals surface area contributed by atoms with E-state index >= 15 is 0 Å². The lowest BCUT2D eigenvalue weighted by Crippen LogP contribution is -2.43. The first kappa shape index (κ1) is 19.6. The molecule has 4 rings (SSSR count). The second-order valence-corrected chi connectivity index (χ2v) is 7.37. The highest BCUT2D eigenvalue weighted by Gasteiger charge is 2.29. The molecule has 1 amide bonds. The van der Waals surface area contributed by atoms with E-state index in [1.807, 2.05) is 49.4 Å². The Balaban J connectivity index is 1.44. The van der Waals surface area contributed by atoms with E-state index < -0.39 is 18.1 Å². The summed E-state index contributed by atoms with van der Waals surface area (Å²) in [6.07, 6.45) is 2.66. The van der Waals surface area contributed by atoms with Crippen LogP contribution in [0.1, 0.15) is 28.2 Å². The summed E-state index contributed by atoms with van der Waals surface area (Å²) in [6, 6.07) is 16.8. The van der Waals surface area contributed by atoms with Gasteiger partial charge in [0, 0.05) is 24.7 Å². The van der Waals surface area contributed by atoms with Crippen molar-refractivity contribution in [1.82, 2.24) is 10.3 Å². The Hall–Kier alpha value is -3.67. The number of ether oxygens (including phenoxy) is 1. The largest absolute Gasteiger partial charge is 0.480 e. The van der Waals surface area contributed by atoms with Crippen molar-refractivity contribution in [1.29, 1.82) is 0 Å². The molecule has 0 radical (unpaired) electrons. The molecule has 152 valence electrons. The maximum Gasteiger partial charge on any atom is 0.407 e. The third-order valence-corrected chi connectivity index (χ3v) is 5.51. The zero-order valence-corrected chi connectivity index (χ0v) is 16.5. The van der Waals surface area contributed by atoms with Crippen LogP contribution in [0.3, 0.4) is 0 Å². The molecule has 1 heterocycles. The first-order valence-electron chi connectivity index (χ1n) is 9.78. The Morgan fingerprint density at radius 2 is 1.70 bits per heavy atom. The molecule has 1 aromatic heterocycles. The number of alkyl carbamates (subject to hydrolysis) is 1. The fourth-order valence-electron chi connectivity index (χ4n) is 3.91. The van der Waals surface area contributed by atoms with Crippen LogP contribution in [-0.4, -0.2) is 34.8 Å². The molecule has 30 heavy (non-hydrogen) atoms. The van der Waals surface area contributed by atoms with Crippen LogP contribution in [0, 0.1) is 6.92 Å². The summed E-state index contributed by atoms with van der Waals surface area (Å²) in [5.74, 6) is -1.20. The van der Waals surface area contributed by atoms with Crippen LogP contribution in [0.4, 0.5) is 4.79 Å². The Labute approximate surface area is 174 Å². The molecule has 0 fully saturated rings. The summed E-state index contributed by atoms with van der Waals surface area (Å²) in [7, 11) is 0. The van der Waals surface area contributed by atoms with E-state index in [1.165, 1.54) is 0 Å². The molecule has 0 aliphatic heterocycles. The van der Waals surface area contributed by atoms with Crippen molar-refractivity contribution in [2.75, 3.05) is 6.61 Å². The van der Waals surface area contributed by atoms with Crippen LogP contribution in [0.5, 0.6) is 0 Å². The molecule has 1 atom stereocenters. The minimum atomic E-state index is -1.12. The van der Waals surface area contributed by atoms with Gasteiger partial charge in [-0.1, -0.05) is 48.5 Å². The van der Waals surface area contributed by atoms with E-state index in [0.717, 1.165) is 33.4 Å². The highest BCUT2D eigenvalue weighted by Crippen LogP contribution is 2.44. The summed E-state index contributed by atoms with van der Waals surface area (Å²) in [6.45, 7) is 2.02. The van der Waals surface area contributed by atoms with Crippen molar-refractivity contribution in [3.05, 3.63) is 89.2 Å². The maximum atomic E-state index is 12.4. The van der Waals surface area contributed by atoms with Crippen molar-refractivity contribution in [3.8, 4) is 11.1 Å². The standard InChI is InChI=1S/C24H22N2O4/c1-15-10-11-25-13-16(15)12-22(23(27)28)26-24(29)30-14-21-19-8-4-2-6-17(19)18-7-3-5-9-20(18)21/h2-11,13,21-22H,12,14H2,1H3,(H,26,29)(H,27,28). The molecule has 0 spiro atoms. The van der Waals surface area contributed by atoms with Crippen molar-refractivity contribution in [2.24, 2.45) is 0 Å². The van der Waals surface area contributed by atoms with Gasteiger partial charge in [-0.15, -0.1) is 0 Å². The average Bonchev–Trinajstić information content (AvgIpc) is 3.07. The zero-order valence-electron chi connectivity index (χ0n) is 16.5. The van der Waals surface area contributed by atoms with Gasteiger partial charge in [0.05, 0.1) is 0 Å². The van der Waals surface area contributed by atoms with Gasteiger partial charge in [0.25, 0.3) is 0 Å². The van der Waals surface area contributed by atoms with Crippen molar-refractivity contribution in [2.45, 2.75) is 25.3 Å². The van der Waals surface area contributed by atoms with Crippen LogP contribution in [-0.2, 0) is 16.0 Å². The van der Waals surface area contributed by atoms with Crippen molar-refractivity contribution >= 4 is 12.1 Å². The number of hydrogen-bond donors (Lipinski definition) is 2. The number of pyridine rings is 1. The molecule has 1 aliphatic carbocycles. The number of aromatic nitrogens is 1. The Morgan fingerprint density at radius 3 is 2.30 bits per heavy atom. The lowest BCUT2D eigenvalue weighted by atomic mass is 9.98. The Morgan fingerprint density at radius 1 is 1.07 bits per heavy atom. The molecule has 1 aliphatic rings. The number of carbonyl (C=O) groups excluding carboxylic acids is 1. The summed E-state index contributed by atoms with van der Waals surface area (Å²) in [4.78, 5) is 28.1. The summed E-state index contributed by atoms with van der Waals surface area (Å²) >= 11 is 0. The van der Waals surface area contributed by atoms with Crippen molar-refractivity contribution in [3.63, 3.8) is 0 Å². The Bertz CT molecular complexity index is 1050. The van der Waals surface area contributed by atoms with Crippen LogP contribution in [0.25, 0.3) is 11.1 Å². The fraction of sp³-hybridized carbons (Fsp3) is 0.208. The predicted octanol–water partition coefficient (Wildman–Crippen LogP) is 3.92. The number of carboxylic acid groups (broad SMARTS) is 1. The number of benzene rings is 2.